The van der Waals surface area contributed by atoms with Crippen LogP contribution in [-0.4, -0.2) is 17.7 Å². The number of amidine groups is 1. The molecule has 0 unspecified atom stereocenters. The number of benzene rings is 1. The van der Waals surface area contributed by atoms with E-state index in [1.165, 1.54) is 17.7 Å². The molecule has 4 heteroatoms. The first-order valence-electron chi connectivity index (χ1n) is 6.57. The molecule has 21 heavy (non-hydrogen) atoms. The van der Waals surface area contributed by atoms with Gasteiger partial charge in [0.1, 0.15) is 11.6 Å². The predicted octanol–water partition coefficient (Wildman–Crippen LogP) is 3.45. The summed E-state index contributed by atoms with van der Waals surface area (Å²) in [5, 5.41) is 17.3. The number of nitrogens with two attached hydrogens (primary N) is 1. The zero-order valence-corrected chi connectivity index (χ0v) is 12.4. The molecule has 0 aliphatic rings. The van der Waals surface area contributed by atoms with Gasteiger partial charge in [-0.3, -0.25) is 5.41 Å². The molecule has 0 fully saturated rings. The van der Waals surface area contributed by atoms with Crippen molar-refractivity contribution in [3.05, 3.63) is 70.6 Å². The maximum absolute atomic E-state index is 9.96. The zero-order valence-electron chi connectivity index (χ0n) is 12.4. The monoisotopic (exact) mass is 283 g/mol. The van der Waals surface area contributed by atoms with Crippen molar-refractivity contribution in [3.8, 4) is 0 Å². The highest BCUT2D eigenvalue weighted by Crippen LogP contribution is 2.11. The van der Waals surface area contributed by atoms with E-state index in [0.717, 1.165) is 5.56 Å². The van der Waals surface area contributed by atoms with E-state index in [1.807, 2.05) is 25.1 Å². The summed E-state index contributed by atoms with van der Waals surface area (Å²) < 4.78 is 0. The summed E-state index contributed by atoms with van der Waals surface area (Å²) in [4.78, 5) is 3.45. The predicted molar refractivity (Wildman–Crippen MR) is 88.9 cm³/mol. The first-order chi connectivity index (χ1) is 9.92. The summed E-state index contributed by atoms with van der Waals surface area (Å²) in [5.41, 5.74) is 9.40. The smallest absolute Gasteiger partial charge is 0.143 e. The molecule has 0 aliphatic heterocycles. The Morgan fingerprint density at radius 1 is 1.43 bits per heavy atom. The van der Waals surface area contributed by atoms with Gasteiger partial charge in [-0.05, 0) is 43.9 Å². The normalized spacial score (nSPS) is 13.1. The molecule has 0 spiro atoms. The van der Waals surface area contributed by atoms with Crippen molar-refractivity contribution < 1.29 is 5.11 Å². The molecule has 0 aromatic heterocycles. The average Bonchev–Trinajstić information content (AvgIpc) is 2.43. The molecule has 4 N–H and O–H groups in total. The number of hydrogen-bond donors (Lipinski definition) is 3. The second-order valence-corrected chi connectivity index (χ2v) is 4.83. The fourth-order valence-corrected chi connectivity index (χ4v) is 1.74. The van der Waals surface area contributed by atoms with Crippen LogP contribution in [-0.2, 0) is 6.42 Å². The second kappa shape index (κ2) is 7.85. The van der Waals surface area contributed by atoms with Crippen molar-refractivity contribution in [1.29, 1.82) is 5.41 Å². The van der Waals surface area contributed by atoms with Crippen molar-refractivity contribution in [1.82, 2.24) is 0 Å². The van der Waals surface area contributed by atoms with Crippen molar-refractivity contribution in [2.24, 2.45) is 10.7 Å². The molecule has 0 radical (unpaired) electrons. The number of allylic oxidation sites excluding steroid dienone is 4. The molecule has 1 aromatic carbocycles. The summed E-state index contributed by atoms with van der Waals surface area (Å²) in [6, 6.07) is 8.07. The molecule has 110 valence electrons. The van der Waals surface area contributed by atoms with E-state index in [0.29, 0.717) is 17.7 Å². The lowest BCUT2D eigenvalue weighted by Crippen LogP contribution is -2.02. The number of aliphatic imine (C=N–C) groups is 1. The van der Waals surface area contributed by atoms with Gasteiger partial charge in [-0.15, -0.1) is 0 Å². The van der Waals surface area contributed by atoms with Gasteiger partial charge in [0.2, 0.25) is 0 Å². The van der Waals surface area contributed by atoms with Crippen LogP contribution in [0.4, 0.5) is 0 Å². The van der Waals surface area contributed by atoms with Gasteiger partial charge in [0.15, 0.2) is 0 Å². The van der Waals surface area contributed by atoms with E-state index in [4.69, 9.17) is 11.1 Å². The summed E-state index contributed by atoms with van der Waals surface area (Å²) in [6.07, 6.45) is 5.17. The lowest BCUT2D eigenvalue weighted by atomic mass is 10.1. The number of aryl methyl sites for hydroxylation is 1. The van der Waals surface area contributed by atoms with Gasteiger partial charge in [0, 0.05) is 12.1 Å². The van der Waals surface area contributed by atoms with Crippen LogP contribution in [0.25, 0.3) is 0 Å². The summed E-state index contributed by atoms with van der Waals surface area (Å²) in [7, 11) is 0. The maximum Gasteiger partial charge on any atom is 0.143 e. The van der Waals surface area contributed by atoms with Crippen LogP contribution in [0.3, 0.4) is 0 Å². The lowest BCUT2D eigenvalue weighted by Gasteiger charge is -2.04. The summed E-state index contributed by atoms with van der Waals surface area (Å²) in [5.74, 6) is 0.118. The Bertz CT molecular complexity index is 625. The van der Waals surface area contributed by atoms with Crippen molar-refractivity contribution in [2.75, 3.05) is 0 Å². The van der Waals surface area contributed by atoms with Crippen molar-refractivity contribution in [2.45, 2.75) is 20.3 Å². The van der Waals surface area contributed by atoms with E-state index < -0.39 is 0 Å². The third-order valence-electron chi connectivity index (χ3n) is 2.88. The largest absolute Gasteiger partial charge is 0.508 e. The minimum Gasteiger partial charge on any atom is -0.508 e. The highest BCUT2D eigenvalue weighted by molar-refractivity contribution is 5.93. The zero-order chi connectivity index (χ0) is 15.8. The van der Waals surface area contributed by atoms with Gasteiger partial charge >= 0.3 is 0 Å². The quantitative estimate of drug-likeness (QED) is 0.335. The number of nitrogens with zero attached hydrogens (tertiary/aromatic N) is 1. The van der Waals surface area contributed by atoms with Crippen LogP contribution in [0.2, 0.25) is 0 Å². The van der Waals surface area contributed by atoms with Crippen molar-refractivity contribution in [3.63, 3.8) is 0 Å². The number of aliphatic hydroxyl groups is 1. The van der Waals surface area contributed by atoms with Gasteiger partial charge < -0.3 is 10.8 Å². The van der Waals surface area contributed by atoms with E-state index in [1.54, 1.807) is 13.0 Å². The highest BCUT2D eigenvalue weighted by atomic mass is 16.3. The van der Waals surface area contributed by atoms with Gasteiger partial charge in [-0.25, -0.2) is 4.99 Å². The summed E-state index contributed by atoms with van der Waals surface area (Å²) in [6.45, 7) is 7.01. The Morgan fingerprint density at radius 3 is 2.76 bits per heavy atom. The SMILES string of the molecule is C=NC(=N)\C=C/C(C)=C(O)\C=C(/N)Cc1cccc(C)c1. The molecule has 0 aliphatic carbocycles. The Morgan fingerprint density at radius 2 is 2.14 bits per heavy atom. The van der Waals surface area contributed by atoms with E-state index in [2.05, 4.69) is 17.8 Å². The number of rotatable bonds is 5. The van der Waals surface area contributed by atoms with Crippen LogP contribution in [0, 0.1) is 12.3 Å². The highest BCUT2D eigenvalue weighted by Gasteiger charge is 1.99. The topological polar surface area (TPSA) is 82.5 Å². The third-order valence-corrected chi connectivity index (χ3v) is 2.88. The van der Waals surface area contributed by atoms with Crippen molar-refractivity contribution >= 4 is 12.6 Å². The molecule has 0 heterocycles. The Hall–Kier alpha value is -2.62. The Kier molecular flexibility index (Phi) is 6.14. The number of nitrogens with one attached hydrogen (secondary N) is 1. The van der Waals surface area contributed by atoms with Gasteiger partial charge in [-0.1, -0.05) is 35.9 Å². The van der Waals surface area contributed by atoms with Crippen LogP contribution in [0.5, 0.6) is 0 Å². The molecule has 0 atom stereocenters. The Labute approximate surface area is 125 Å². The maximum atomic E-state index is 9.96. The molecule has 1 rings (SSSR count). The minimum atomic E-state index is 0.0406. The first-order valence-corrected chi connectivity index (χ1v) is 6.57. The van der Waals surface area contributed by atoms with Crippen LogP contribution in [0.1, 0.15) is 18.1 Å². The van der Waals surface area contributed by atoms with Crippen LogP contribution < -0.4 is 5.73 Å². The van der Waals surface area contributed by atoms with Crippen LogP contribution >= 0.6 is 0 Å². The molecule has 4 nitrogen and oxygen atoms in total. The van der Waals surface area contributed by atoms with E-state index in [9.17, 15) is 5.11 Å². The summed E-state index contributed by atoms with van der Waals surface area (Å²) >= 11 is 0. The van der Waals surface area contributed by atoms with Gasteiger partial charge in [-0.2, -0.15) is 0 Å². The molecular weight excluding hydrogens is 262 g/mol. The molecule has 1 aromatic rings. The standard InChI is InChI=1S/C17H21N3O/c1-12-5-4-6-14(9-12)10-15(18)11-16(21)13(2)7-8-17(19)20-3/h4-9,11,19,21H,3,10,18H2,1-2H3/b8-7-,15-11-,16-13+,19-17?. The molecule has 0 saturated heterocycles. The first kappa shape index (κ1) is 16.4. The number of aliphatic hydroxyl groups excluding tert-OH is 1. The van der Waals surface area contributed by atoms with E-state index >= 15 is 0 Å². The Balaban J connectivity index is 2.82. The molecule has 0 amide bonds. The molecule has 0 bridgehead atoms. The van der Waals surface area contributed by atoms with E-state index in [-0.39, 0.29) is 11.6 Å². The van der Waals surface area contributed by atoms with Gasteiger partial charge in [0.25, 0.3) is 0 Å². The average molecular weight is 283 g/mol. The van der Waals surface area contributed by atoms with Crippen LogP contribution in [0.15, 0.2) is 64.5 Å². The second-order valence-electron chi connectivity index (χ2n) is 4.83. The third kappa shape index (κ3) is 5.91. The number of hydrogen-bond acceptors (Lipinski definition) is 3. The van der Waals surface area contributed by atoms with Gasteiger partial charge in [0.05, 0.1) is 0 Å². The molecule has 0 saturated carbocycles. The lowest BCUT2D eigenvalue weighted by molar-refractivity contribution is 0.426. The fourth-order valence-electron chi connectivity index (χ4n) is 1.74. The fraction of sp³-hybridized carbons (Fsp3) is 0.176. The minimum absolute atomic E-state index is 0.0406. The molecular formula is C17H21N3O.